The second kappa shape index (κ2) is 6.76. The fraction of sp³-hybridized carbons (Fsp3) is 0.0667. The number of rotatable bonds is 5. The second-order valence-corrected chi connectivity index (χ2v) is 4.65. The van der Waals surface area contributed by atoms with Crippen molar-refractivity contribution >= 4 is 34.9 Å². The highest BCUT2D eigenvalue weighted by atomic mass is 35.5. The summed E-state index contributed by atoms with van der Waals surface area (Å²) in [4.78, 5) is 23.1. The van der Waals surface area contributed by atoms with Crippen molar-refractivity contribution in [1.29, 1.82) is 0 Å². The standard InChI is InChI=1S/C15H13ClN2O3/c16-13(17-10-6-2-1-3-7-10)14(19)18-12-9-5-4-8-11(12)15(20)21/h1-9,13,17H,(H,18,19)(H,20,21). The van der Waals surface area contributed by atoms with Crippen molar-refractivity contribution in [2.45, 2.75) is 5.50 Å². The highest BCUT2D eigenvalue weighted by Crippen LogP contribution is 2.16. The van der Waals surface area contributed by atoms with Crippen LogP contribution in [0.4, 0.5) is 11.4 Å². The van der Waals surface area contributed by atoms with Crippen LogP contribution in [-0.4, -0.2) is 22.5 Å². The number of halogens is 1. The minimum Gasteiger partial charge on any atom is -0.478 e. The molecule has 1 atom stereocenters. The van der Waals surface area contributed by atoms with Crippen molar-refractivity contribution in [3.05, 3.63) is 60.2 Å². The Morgan fingerprint density at radius 2 is 1.62 bits per heavy atom. The molecule has 0 bridgehead atoms. The quantitative estimate of drug-likeness (QED) is 0.586. The summed E-state index contributed by atoms with van der Waals surface area (Å²) in [5, 5.41) is 14.4. The maximum atomic E-state index is 12.0. The summed E-state index contributed by atoms with van der Waals surface area (Å²) in [5.74, 6) is -1.65. The molecule has 1 unspecified atom stereocenters. The number of carboxylic acids is 1. The van der Waals surface area contributed by atoms with Crippen LogP contribution in [0.5, 0.6) is 0 Å². The van der Waals surface area contributed by atoms with Gasteiger partial charge in [-0.25, -0.2) is 4.79 Å². The van der Waals surface area contributed by atoms with Gasteiger partial charge in [-0.05, 0) is 24.3 Å². The Kier molecular flexibility index (Phi) is 4.79. The first-order chi connectivity index (χ1) is 10.1. The van der Waals surface area contributed by atoms with Gasteiger partial charge >= 0.3 is 5.97 Å². The van der Waals surface area contributed by atoms with Crippen molar-refractivity contribution in [1.82, 2.24) is 0 Å². The summed E-state index contributed by atoms with van der Waals surface area (Å²) < 4.78 is 0. The van der Waals surface area contributed by atoms with Crippen molar-refractivity contribution in [2.24, 2.45) is 0 Å². The molecule has 0 aliphatic rings. The van der Waals surface area contributed by atoms with Gasteiger partial charge in [-0.3, -0.25) is 4.79 Å². The molecule has 0 heterocycles. The number of nitrogens with one attached hydrogen (secondary N) is 2. The van der Waals surface area contributed by atoms with Crippen LogP contribution in [0.15, 0.2) is 54.6 Å². The summed E-state index contributed by atoms with van der Waals surface area (Å²) in [5.41, 5.74) is -0.113. The molecule has 1 amide bonds. The van der Waals surface area contributed by atoms with Crippen LogP contribution in [-0.2, 0) is 4.79 Å². The number of hydrogen-bond acceptors (Lipinski definition) is 3. The molecule has 0 aromatic heterocycles. The summed E-state index contributed by atoms with van der Waals surface area (Å²) >= 11 is 5.98. The van der Waals surface area contributed by atoms with E-state index < -0.39 is 17.4 Å². The molecule has 6 heteroatoms. The zero-order valence-corrected chi connectivity index (χ0v) is 11.7. The van der Waals surface area contributed by atoms with Crippen molar-refractivity contribution in [3.63, 3.8) is 0 Å². The van der Waals surface area contributed by atoms with Gasteiger partial charge in [0.1, 0.15) is 0 Å². The average Bonchev–Trinajstić information content (AvgIpc) is 2.48. The van der Waals surface area contributed by atoms with Gasteiger partial charge in [-0.1, -0.05) is 41.9 Å². The molecule has 2 rings (SSSR count). The molecule has 0 saturated heterocycles. The van der Waals surface area contributed by atoms with E-state index >= 15 is 0 Å². The maximum Gasteiger partial charge on any atom is 0.337 e. The lowest BCUT2D eigenvalue weighted by molar-refractivity contribution is -0.115. The van der Waals surface area contributed by atoms with Gasteiger partial charge in [0.25, 0.3) is 5.91 Å². The van der Waals surface area contributed by atoms with Crippen molar-refractivity contribution in [3.8, 4) is 0 Å². The molecule has 0 saturated carbocycles. The molecule has 0 spiro atoms. The van der Waals surface area contributed by atoms with E-state index in [1.807, 2.05) is 18.2 Å². The lowest BCUT2D eigenvalue weighted by atomic mass is 10.2. The largest absolute Gasteiger partial charge is 0.478 e. The van der Waals surface area contributed by atoms with Gasteiger partial charge in [0.2, 0.25) is 0 Å². The lowest BCUT2D eigenvalue weighted by Gasteiger charge is -2.14. The first-order valence-corrected chi connectivity index (χ1v) is 6.60. The van der Waals surface area contributed by atoms with Crippen LogP contribution in [0, 0.1) is 0 Å². The molecule has 0 aliphatic carbocycles. The Morgan fingerprint density at radius 3 is 2.29 bits per heavy atom. The van der Waals surface area contributed by atoms with Gasteiger partial charge < -0.3 is 15.7 Å². The van der Waals surface area contributed by atoms with E-state index in [4.69, 9.17) is 16.7 Å². The number of carbonyl (C=O) groups excluding carboxylic acids is 1. The fourth-order valence-corrected chi connectivity index (χ4v) is 1.90. The molecule has 21 heavy (non-hydrogen) atoms. The average molecular weight is 305 g/mol. The lowest BCUT2D eigenvalue weighted by Crippen LogP contribution is -2.30. The predicted molar refractivity (Wildman–Crippen MR) is 81.7 cm³/mol. The van der Waals surface area contributed by atoms with Gasteiger partial charge in [0.05, 0.1) is 11.3 Å². The Bertz CT molecular complexity index is 646. The normalized spacial score (nSPS) is 11.5. The van der Waals surface area contributed by atoms with E-state index in [9.17, 15) is 9.59 Å². The van der Waals surface area contributed by atoms with Gasteiger partial charge in [0, 0.05) is 5.69 Å². The number of hydrogen-bond donors (Lipinski definition) is 3. The SMILES string of the molecule is O=C(O)c1ccccc1NC(=O)C(Cl)Nc1ccccc1. The Balaban J connectivity index is 2.06. The van der Waals surface area contributed by atoms with Gasteiger partial charge in [-0.15, -0.1) is 0 Å². The highest BCUT2D eigenvalue weighted by molar-refractivity contribution is 6.33. The van der Waals surface area contributed by atoms with Crippen molar-refractivity contribution in [2.75, 3.05) is 10.6 Å². The minimum atomic E-state index is -1.12. The number of alkyl halides is 1. The first kappa shape index (κ1) is 14.9. The highest BCUT2D eigenvalue weighted by Gasteiger charge is 2.18. The zero-order valence-electron chi connectivity index (χ0n) is 10.9. The third-order valence-corrected chi connectivity index (χ3v) is 3.02. The fourth-order valence-electron chi connectivity index (χ4n) is 1.72. The first-order valence-electron chi connectivity index (χ1n) is 6.17. The topological polar surface area (TPSA) is 78.4 Å². The van der Waals surface area contributed by atoms with Gasteiger partial charge in [-0.2, -0.15) is 0 Å². The number of carboxylic acid groups (broad SMARTS) is 1. The van der Waals surface area contributed by atoms with E-state index in [1.165, 1.54) is 12.1 Å². The molecule has 0 radical (unpaired) electrons. The summed E-state index contributed by atoms with van der Waals surface area (Å²) in [6, 6.07) is 15.1. The van der Waals surface area contributed by atoms with E-state index in [1.54, 1.807) is 24.3 Å². The molecule has 0 aliphatic heterocycles. The van der Waals surface area contributed by atoms with Crippen LogP contribution < -0.4 is 10.6 Å². The molecule has 2 aromatic rings. The second-order valence-electron chi connectivity index (χ2n) is 4.21. The molecule has 5 nitrogen and oxygen atoms in total. The molecule has 0 fully saturated rings. The Morgan fingerprint density at radius 1 is 1.00 bits per heavy atom. The van der Waals surface area contributed by atoms with E-state index in [2.05, 4.69) is 10.6 Å². The van der Waals surface area contributed by atoms with E-state index in [0.717, 1.165) is 0 Å². The van der Waals surface area contributed by atoms with Crippen LogP contribution in [0.3, 0.4) is 0 Å². The van der Waals surface area contributed by atoms with Crippen LogP contribution >= 0.6 is 11.6 Å². The third kappa shape index (κ3) is 3.97. The van der Waals surface area contributed by atoms with Crippen LogP contribution in [0.25, 0.3) is 0 Å². The number of anilines is 2. The Labute approximate surface area is 126 Å². The molecular formula is C15H13ClN2O3. The zero-order chi connectivity index (χ0) is 15.2. The number of para-hydroxylation sites is 2. The molecule has 2 aromatic carbocycles. The third-order valence-electron chi connectivity index (χ3n) is 2.71. The van der Waals surface area contributed by atoms with Crippen LogP contribution in [0.2, 0.25) is 0 Å². The molecule has 108 valence electrons. The monoisotopic (exact) mass is 304 g/mol. The van der Waals surface area contributed by atoms with E-state index in [0.29, 0.717) is 5.69 Å². The summed E-state index contributed by atoms with van der Waals surface area (Å²) in [6.45, 7) is 0. The Hall–Kier alpha value is -2.53. The number of aromatic carboxylic acids is 1. The maximum absolute atomic E-state index is 12.0. The van der Waals surface area contributed by atoms with Gasteiger partial charge in [0.15, 0.2) is 5.50 Å². The van der Waals surface area contributed by atoms with E-state index in [-0.39, 0.29) is 11.3 Å². The number of benzene rings is 2. The number of amides is 1. The smallest absolute Gasteiger partial charge is 0.337 e. The summed E-state index contributed by atoms with van der Waals surface area (Å²) in [6.07, 6.45) is 0. The van der Waals surface area contributed by atoms with Crippen LogP contribution in [0.1, 0.15) is 10.4 Å². The molecule has 3 N–H and O–H groups in total. The summed E-state index contributed by atoms with van der Waals surface area (Å²) in [7, 11) is 0. The minimum absolute atomic E-state index is 0.00873. The molecular weight excluding hydrogens is 292 g/mol. The predicted octanol–water partition coefficient (Wildman–Crippen LogP) is 3.00. The van der Waals surface area contributed by atoms with Crippen molar-refractivity contribution < 1.29 is 14.7 Å². The number of carbonyl (C=O) groups is 2.